The molecule has 4 rings (SSSR count). The second-order valence-corrected chi connectivity index (χ2v) is 7.09. The Morgan fingerprint density at radius 2 is 1.65 bits per heavy atom. The Hall–Kier alpha value is -3.12. The fraction of sp³-hybridized carbons (Fsp3) is 0.100. The molecular weight excluding hydrogens is 344 g/mol. The first-order chi connectivity index (χ1) is 12.6. The third kappa shape index (κ3) is 3.19. The zero-order valence-electron chi connectivity index (χ0n) is 14.5. The van der Waals surface area contributed by atoms with Crippen LogP contribution in [0.5, 0.6) is 0 Å². The summed E-state index contributed by atoms with van der Waals surface area (Å²) >= 11 is 1.45. The summed E-state index contributed by atoms with van der Waals surface area (Å²) in [6.07, 6.45) is 0. The van der Waals surface area contributed by atoms with E-state index in [1.54, 1.807) is 0 Å². The van der Waals surface area contributed by atoms with E-state index in [0.29, 0.717) is 4.88 Å². The number of para-hydroxylation sites is 1. The minimum atomic E-state index is -0.102. The number of amides is 1. The fourth-order valence-corrected chi connectivity index (χ4v) is 3.85. The molecule has 1 amide bonds. The van der Waals surface area contributed by atoms with Crippen LogP contribution >= 0.6 is 11.3 Å². The van der Waals surface area contributed by atoms with Gasteiger partial charge in [-0.25, -0.2) is 0 Å². The Labute approximate surface area is 155 Å². The number of aromatic nitrogens is 2. The Balaban J connectivity index is 1.47. The number of hydrogen-bond donors (Lipinski definition) is 2. The van der Waals surface area contributed by atoms with Crippen molar-refractivity contribution in [2.75, 3.05) is 10.6 Å². The van der Waals surface area contributed by atoms with Gasteiger partial charge in [-0.15, -0.1) is 11.3 Å². The zero-order chi connectivity index (χ0) is 18.1. The molecule has 0 unspecified atom stereocenters. The molecule has 130 valence electrons. The van der Waals surface area contributed by atoms with Crippen molar-refractivity contribution in [1.29, 1.82) is 0 Å². The number of nitrogens with one attached hydrogen (secondary N) is 2. The van der Waals surface area contributed by atoms with E-state index in [1.165, 1.54) is 11.3 Å². The van der Waals surface area contributed by atoms with Crippen LogP contribution in [0.3, 0.4) is 0 Å². The van der Waals surface area contributed by atoms with Crippen LogP contribution < -0.4 is 10.6 Å². The summed E-state index contributed by atoms with van der Waals surface area (Å²) < 4.78 is 1.82. The van der Waals surface area contributed by atoms with E-state index in [2.05, 4.69) is 15.7 Å². The lowest BCUT2D eigenvalue weighted by Gasteiger charge is -2.08. The normalized spacial score (nSPS) is 10.8. The van der Waals surface area contributed by atoms with Crippen LogP contribution in [-0.4, -0.2) is 15.7 Å². The topological polar surface area (TPSA) is 59.0 Å². The fourth-order valence-electron chi connectivity index (χ4n) is 2.83. The summed E-state index contributed by atoms with van der Waals surface area (Å²) in [5.74, 6) is -0.102. The van der Waals surface area contributed by atoms with Crippen LogP contribution in [0.2, 0.25) is 0 Å². The molecule has 0 spiro atoms. The first-order valence-corrected chi connectivity index (χ1v) is 9.08. The summed E-state index contributed by atoms with van der Waals surface area (Å²) in [5.41, 5.74) is 3.70. The van der Waals surface area contributed by atoms with Gasteiger partial charge in [0.05, 0.1) is 10.6 Å². The highest BCUT2D eigenvalue weighted by Crippen LogP contribution is 2.28. The quantitative estimate of drug-likeness (QED) is 0.541. The number of nitrogens with zero attached hydrogens (tertiary/aromatic N) is 2. The van der Waals surface area contributed by atoms with Crippen molar-refractivity contribution < 1.29 is 4.79 Å². The van der Waals surface area contributed by atoms with Gasteiger partial charge in [-0.05, 0) is 49.4 Å². The van der Waals surface area contributed by atoms with Gasteiger partial charge in [0.25, 0.3) is 5.91 Å². The summed E-state index contributed by atoms with van der Waals surface area (Å²) in [5, 5.41) is 11.7. The van der Waals surface area contributed by atoms with Crippen LogP contribution in [0.4, 0.5) is 17.1 Å². The minimum Gasteiger partial charge on any atom is -0.356 e. The third-order valence-electron chi connectivity index (χ3n) is 4.13. The van der Waals surface area contributed by atoms with E-state index in [4.69, 9.17) is 0 Å². The summed E-state index contributed by atoms with van der Waals surface area (Å²) in [7, 11) is 1.89. The lowest BCUT2D eigenvalue weighted by Crippen LogP contribution is -2.10. The number of thiophene rings is 1. The maximum absolute atomic E-state index is 12.5. The van der Waals surface area contributed by atoms with Crippen molar-refractivity contribution in [3.8, 4) is 0 Å². The molecule has 0 aliphatic carbocycles. The predicted molar refractivity (Wildman–Crippen MR) is 107 cm³/mol. The average molecular weight is 362 g/mol. The van der Waals surface area contributed by atoms with Crippen molar-refractivity contribution in [3.63, 3.8) is 0 Å². The molecule has 2 heterocycles. The van der Waals surface area contributed by atoms with Gasteiger partial charge in [0.2, 0.25) is 0 Å². The second kappa shape index (κ2) is 6.65. The van der Waals surface area contributed by atoms with Gasteiger partial charge in [0.15, 0.2) is 0 Å². The van der Waals surface area contributed by atoms with Crippen LogP contribution in [0, 0.1) is 6.92 Å². The number of carbonyl (C=O) groups excluding carboxylic acids is 1. The molecule has 2 N–H and O–H groups in total. The SMILES string of the molecule is Cc1nn(C)c2sc(C(=O)Nc3ccc(Nc4ccccc4)cc3)cc12. The van der Waals surface area contributed by atoms with Gasteiger partial charge >= 0.3 is 0 Å². The molecule has 5 nitrogen and oxygen atoms in total. The molecular formula is C20H18N4OS. The van der Waals surface area contributed by atoms with Crippen LogP contribution in [0.1, 0.15) is 15.4 Å². The highest BCUT2D eigenvalue weighted by Gasteiger charge is 2.15. The number of hydrogen-bond acceptors (Lipinski definition) is 4. The number of aryl methyl sites for hydroxylation is 2. The van der Waals surface area contributed by atoms with Crippen molar-refractivity contribution in [2.24, 2.45) is 7.05 Å². The Kier molecular flexibility index (Phi) is 4.18. The molecule has 0 fully saturated rings. The van der Waals surface area contributed by atoms with Gasteiger partial charge in [-0.2, -0.15) is 5.10 Å². The number of fused-ring (bicyclic) bond motifs is 1. The maximum atomic E-state index is 12.5. The minimum absolute atomic E-state index is 0.102. The molecule has 0 saturated carbocycles. The maximum Gasteiger partial charge on any atom is 0.265 e. The second-order valence-electron chi connectivity index (χ2n) is 6.06. The lowest BCUT2D eigenvalue weighted by atomic mass is 10.2. The predicted octanol–water partition coefficient (Wildman–Crippen LogP) is 4.94. The Bertz CT molecular complexity index is 1030. The molecule has 0 aliphatic rings. The molecule has 26 heavy (non-hydrogen) atoms. The summed E-state index contributed by atoms with van der Waals surface area (Å²) in [6.45, 7) is 1.95. The molecule has 0 radical (unpaired) electrons. The summed E-state index contributed by atoms with van der Waals surface area (Å²) in [6, 6.07) is 19.6. The van der Waals surface area contributed by atoms with E-state index < -0.39 is 0 Å². The van der Waals surface area contributed by atoms with E-state index in [0.717, 1.165) is 33.0 Å². The Morgan fingerprint density at radius 3 is 2.35 bits per heavy atom. The van der Waals surface area contributed by atoms with E-state index in [9.17, 15) is 4.79 Å². The highest BCUT2D eigenvalue weighted by molar-refractivity contribution is 7.20. The number of rotatable bonds is 4. The molecule has 2 aromatic carbocycles. The average Bonchev–Trinajstić information content (AvgIpc) is 3.20. The van der Waals surface area contributed by atoms with Gasteiger partial charge in [-0.1, -0.05) is 18.2 Å². The monoisotopic (exact) mass is 362 g/mol. The standard InChI is InChI=1S/C20H18N4OS/c1-13-17-12-18(26-20(17)24(2)23-13)19(25)22-16-10-8-15(9-11-16)21-14-6-4-3-5-7-14/h3-12,21H,1-2H3,(H,22,25). The molecule has 0 aliphatic heterocycles. The smallest absolute Gasteiger partial charge is 0.265 e. The van der Waals surface area contributed by atoms with E-state index >= 15 is 0 Å². The van der Waals surface area contributed by atoms with Crippen molar-refractivity contribution in [3.05, 3.63) is 71.2 Å². The molecule has 4 aromatic rings. The third-order valence-corrected chi connectivity index (χ3v) is 5.33. The van der Waals surface area contributed by atoms with Gasteiger partial charge in [0, 0.05) is 29.5 Å². The molecule has 6 heteroatoms. The van der Waals surface area contributed by atoms with Gasteiger partial charge < -0.3 is 10.6 Å². The van der Waals surface area contributed by atoms with Crippen molar-refractivity contribution in [1.82, 2.24) is 9.78 Å². The first-order valence-electron chi connectivity index (χ1n) is 8.27. The van der Waals surface area contributed by atoms with E-state index in [1.807, 2.05) is 79.3 Å². The van der Waals surface area contributed by atoms with Crippen molar-refractivity contribution >= 4 is 44.5 Å². The number of anilines is 3. The molecule has 0 saturated heterocycles. The van der Waals surface area contributed by atoms with Gasteiger partial charge in [0.1, 0.15) is 4.83 Å². The largest absolute Gasteiger partial charge is 0.356 e. The number of carbonyl (C=O) groups is 1. The first kappa shape index (κ1) is 16.4. The number of benzene rings is 2. The van der Waals surface area contributed by atoms with Crippen LogP contribution in [0.15, 0.2) is 60.7 Å². The molecule has 0 bridgehead atoms. The van der Waals surface area contributed by atoms with Crippen LogP contribution in [0.25, 0.3) is 10.2 Å². The highest BCUT2D eigenvalue weighted by atomic mass is 32.1. The Morgan fingerprint density at radius 1 is 1.00 bits per heavy atom. The zero-order valence-corrected chi connectivity index (χ0v) is 15.3. The lowest BCUT2D eigenvalue weighted by molar-refractivity contribution is 0.103. The molecule has 2 aromatic heterocycles. The summed E-state index contributed by atoms with van der Waals surface area (Å²) in [4.78, 5) is 14.2. The van der Waals surface area contributed by atoms with Crippen LogP contribution in [-0.2, 0) is 7.05 Å². The van der Waals surface area contributed by atoms with Gasteiger partial charge in [-0.3, -0.25) is 9.48 Å². The molecule has 0 atom stereocenters. The van der Waals surface area contributed by atoms with E-state index in [-0.39, 0.29) is 5.91 Å². The van der Waals surface area contributed by atoms with Crippen molar-refractivity contribution in [2.45, 2.75) is 6.92 Å².